The number of thioether (sulfide) groups is 1. The van der Waals surface area contributed by atoms with Gasteiger partial charge in [0.2, 0.25) is 5.91 Å². The van der Waals surface area contributed by atoms with Crippen LogP contribution in [-0.2, 0) is 9.59 Å². The molecule has 0 aromatic heterocycles. The summed E-state index contributed by atoms with van der Waals surface area (Å²) in [5.41, 5.74) is 0.691. The second kappa shape index (κ2) is 7.10. The number of halogens is 1. The van der Waals surface area contributed by atoms with E-state index in [1.54, 1.807) is 22.7 Å². The fourth-order valence-electron chi connectivity index (χ4n) is 1.99. The van der Waals surface area contributed by atoms with Crippen molar-refractivity contribution in [1.82, 2.24) is 4.90 Å². The minimum absolute atomic E-state index is 0.0961. The fourth-order valence-corrected chi connectivity index (χ4v) is 3.48. The maximum atomic E-state index is 12.0. The van der Waals surface area contributed by atoms with E-state index in [4.69, 9.17) is 5.11 Å². The van der Waals surface area contributed by atoms with Gasteiger partial charge in [-0.3, -0.25) is 14.5 Å². The number of hydrogen-bond acceptors (Lipinski definition) is 4. The molecule has 1 unspecified atom stereocenters. The van der Waals surface area contributed by atoms with Crippen molar-refractivity contribution >= 4 is 45.3 Å². The van der Waals surface area contributed by atoms with Crippen LogP contribution in [0, 0.1) is 0 Å². The van der Waals surface area contributed by atoms with E-state index >= 15 is 0 Å². The molecule has 2 rings (SSSR count). The number of nitrogens with zero attached hydrogens (tertiary/aromatic N) is 1. The summed E-state index contributed by atoms with van der Waals surface area (Å²) in [7, 11) is 0. The Morgan fingerprint density at radius 1 is 1.45 bits per heavy atom. The summed E-state index contributed by atoms with van der Waals surface area (Å²) >= 11 is 4.97. The predicted octanol–water partition coefficient (Wildman–Crippen LogP) is 1.89. The number of benzene rings is 1. The second-order valence-corrected chi connectivity index (χ2v) is 6.43. The fraction of sp³-hybridized carbons (Fsp3) is 0.385. The summed E-state index contributed by atoms with van der Waals surface area (Å²) in [5, 5.41) is 12.0. The molecule has 108 valence electrons. The molecule has 0 radical (unpaired) electrons. The van der Waals surface area contributed by atoms with Crippen molar-refractivity contribution in [3.05, 3.63) is 28.7 Å². The van der Waals surface area contributed by atoms with E-state index in [0.717, 1.165) is 10.2 Å². The molecule has 1 saturated heterocycles. The highest BCUT2D eigenvalue weighted by molar-refractivity contribution is 9.10. The van der Waals surface area contributed by atoms with Gasteiger partial charge in [-0.1, -0.05) is 12.1 Å². The number of carbonyl (C=O) groups excluding carboxylic acids is 1. The normalized spacial score (nSPS) is 19.6. The molecule has 5 nitrogen and oxygen atoms in total. The highest BCUT2D eigenvalue weighted by Crippen LogP contribution is 2.21. The zero-order chi connectivity index (χ0) is 14.5. The average molecular weight is 359 g/mol. The van der Waals surface area contributed by atoms with E-state index in [1.165, 1.54) is 0 Å². The van der Waals surface area contributed by atoms with E-state index in [-0.39, 0.29) is 12.5 Å². The first-order valence-electron chi connectivity index (χ1n) is 6.17. The zero-order valence-corrected chi connectivity index (χ0v) is 13.1. The van der Waals surface area contributed by atoms with E-state index in [0.29, 0.717) is 18.0 Å². The van der Waals surface area contributed by atoms with Gasteiger partial charge in [0.15, 0.2) is 0 Å². The standard InChI is InChI=1S/C13H15BrN2O3S/c14-9-3-1-2-4-10(9)15-12(17)7-16-5-6-20-8-11(16)13(18)19/h1-4,11H,5-8H2,(H,15,17)(H,18,19). The minimum Gasteiger partial charge on any atom is -0.480 e. The summed E-state index contributed by atoms with van der Waals surface area (Å²) in [6, 6.07) is 6.74. The molecule has 1 atom stereocenters. The lowest BCUT2D eigenvalue weighted by Gasteiger charge is -2.31. The smallest absolute Gasteiger partial charge is 0.321 e. The quantitative estimate of drug-likeness (QED) is 0.859. The van der Waals surface area contributed by atoms with Gasteiger partial charge in [-0.2, -0.15) is 11.8 Å². The Morgan fingerprint density at radius 2 is 2.20 bits per heavy atom. The first-order valence-corrected chi connectivity index (χ1v) is 8.11. The van der Waals surface area contributed by atoms with Gasteiger partial charge >= 0.3 is 5.97 Å². The summed E-state index contributed by atoms with van der Waals surface area (Å²) in [6.07, 6.45) is 0. The molecule has 0 aliphatic carbocycles. The van der Waals surface area contributed by atoms with Crippen molar-refractivity contribution in [2.24, 2.45) is 0 Å². The lowest BCUT2D eigenvalue weighted by atomic mass is 10.2. The monoisotopic (exact) mass is 358 g/mol. The third kappa shape index (κ3) is 3.97. The molecule has 20 heavy (non-hydrogen) atoms. The lowest BCUT2D eigenvalue weighted by molar-refractivity contribution is -0.142. The Kier molecular flexibility index (Phi) is 5.45. The van der Waals surface area contributed by atoms with Gasteiger partial charge in [-0.05, 0) is 28.1 Å². The molecule has 0 bridgehead atoms. The number of carbonyl (C=O) groups is 2. The highest BCUT2D eigenvalue weighted by atomic mass is 79.9. The summed E-state index contributed by atoms with van der Waals surface area (Å²) in [4.78, 5) is 24.9. The Morgan fingerprint density at radius 3 is 2.90 bits per heavy atom. The molecule has 0 saturated carbocycles. The maximum absolute atomic E-state index is 12.0. The van der Waals surface area contributed by atoms with Crippen LogP contribution >= 0.6 is 27.7 Å². The molecule has 7 heteroatoms. The third-order valence-electron chi connectivity index (χ3n) is 3.02. The molecule has 0 spiro atoms. The number of hydrogen-bond donors (Lipinski definition) is 2. The molecule has 1 aromatic carbocycles. The SMILES string of the molecule is O=C(CN1CCSCC1C(=O)O)Nc1ccccc1Br. The Balaban J connectivity index is 1.96. The van der Waals surface area contributed by atoms with Gasteiger partial charge in [-0.25, -0.2) is 0 Å². The predicted molar refractivity (Wildman–Crippen MR) is 83.1 cm³/mol. The van der Waals surface area contributed by atoms with Crippen molar-refractivity contribution in [2.45, 2.75) is 6.04 Å². The molecule has 1 aromatic rings. The number of rotatable bonds is 4. The van der Waals surface area contributed by atoms with Crippen molar-refractivity contribution in [1.29, 1.82) is 0 Å². The van der Waals surface area contributed by atoms with E-state index in [1.807, 2.05) is 18.2 Å². The first kappa shape index (κ1) is 15.3. The summed E-state index contributed by atoms with van der Waals surface area (Å²) in [6.45, 7) is 0.712. The number of para-hydroxylation sites is 1. The summed E-state index contributed by atoms with van der Waals surface area (Å²) in [5.74, 6) is 0.310. The van der Waals surface area contributed by atoms with Crippen LogP contribution in [0.25, 0.3) is 0 Å². The van der Waals surface area contributed by atoms with Gasteiger partial charge < -0.3 is 10.4 Å². The Bertz CT molecular complexity index is 512. The molecule has 2 N–H and O–H groups in total. The number of carboxylic acid groups (broad SMARTS) is 1. The largest absolute Gasteiger partial charge is 0.480 e. The molecular formula is C13H15BrN2O3S. The van der Waals surface area contributed by atoms with E-state index < -0.39 is 12.0 Å². The first-order chi connectivity index (χ1) is 9.58. The molecular weight excluding hydrogens is 344 g/mol. The van der Waals surface area contributed by atoms with E-state index in [2.05, 4.69) is 21.2 Å². The molecule has 1 aliphatic heterocycles. The highest BCUT2D eigenvalue weighted by Gasteiger charge is 2.30. The van der Waals surface area contributed by atoms with Gasteiger partial charge in [0.1, 0.15) is 6.04 Å². The van der Waals surface area contributed by atoms with Crippen LogP contribution in [0.2, 0.25) is 0 Å². The Labute approximate surface area is 129 Å². The maximum Gasteiger partial charge on any atom is 0.321 e. The zero-order valence-electron chi connectivity index (χ0n) is 10.7. The number of anilines is 1. The molecule has 1 aliphatic rings. The van der Waals surface area contributed by atoms with Crippen LogP contribution in [0.15, 0.2) is 28.7 Å². The van der Waals surface area contributed by atoms with E-state index in [9.17, 15) is 9.59 Å². The lowest BCUT2D eigenvalue weighted by Crippen LogP contribution is -2.50. The van der Waals surface area contributed by atoms with Gasteiger partial charge in [0.05, 0.1) is 12.2 Å². The van der Waals surface area contributed by atoms with Crippen LogP contribution in [0.5, 0.6) is 0 Å². The molecule has 1 amide bonds. The van der Waals surface area contributed by atoms with Gasteiger partial charge in [0.25, 0.3) is 0 Å². The molecule has 1 fully saturated rings. The van der Waals surface area contributed by atoms with Gasteiger partial charge in [-0.15, -0.1) is 0 Å². The van der Waals surface area contributed by atoms with Gasteiger partial charge in [0, 0.05) is 22.5 Å². The Hall–Kier alpha value is -1.05. The van der Waals surface area contributed by atoms with Crippen molar-refractivity contribution < 1.29 is 14.7 Å². The van der Waals surface area contributed by atoms with Crippen molar-refractivity contribution in [2.75, 3.05) is 29.9 Å². The molecule has 1 heterocycles. The van der Waals surface area contributed by atoms with Crippen LogP contribution in [0.3, 0.4) is 0 Å². The minimum atomic E-state index is -0.870. The van der Waals surface area contributed by atoms with Crippen LogP contribution < -0.4 is 5.32 Å². The second-order valence-electron chi connectivity index (χ2n) is 4.43. The summed E-state index contributed by atoms with van der Waals surface area (Å²) < 4.78 is 0.803. The number of amides is 1. The average Bonchev–Trinajstić information content (AvgIpc) is 2.41. The van der Waals surface area contributed by atoms with Crippen molar-refractivity contribution in [3.63, 3.8) is 0 Å². The third-order valence-corrected chi connectivity index (χ3v) is 4.73. The van der Waals surface area contributed by atoms with Crippen LogP contribution in [0.1, 0.15) is 0 Å². The number of aliphatic carboxylic acids is 1. The topological polar surface area (TPSA) is 69.6 Å². The van der Waals surface area contributed by atoms with Crippen LogP contribution in [-0.4, -0.2) is 52.5 Å². The number of carboxylic acids is 1. The van der Waals surface area contributed by atoms with Crippen LogP contribution in [0.4, 0.5) is 5.69 Å². The van der Waals surface area contributed by atoms with Crippen molar-refractivity contribution in [3.8, 4) is 0 Å². The number of nitrogens with one attached hydrogen (secondary N) is 1.